The second-order valence-electron chi connectivity index (χ2n) is 4.40. The van der Waals surface area contributed by atoms with Crippen molar-refractivity contribution in [3.63, 3.8) is 0 Å². The molecule has 0 aliphatic rings. The van der Waals surface area contributed by atoms with Gasteiger partial charge in [0.25, 0.3) is 0 Å². The fraction of sp³-hybridized carbons (Fsp3) is 0.538. The van der Waals surface area contributed by atoms with Crippen LogP contribution in [-0.4, -0.2) is 31.7 Å². The minimum Gasteiger partial charge on any atom is -0.229 e. The van der Waals surface area contributed by atoms with Gasteiger partial charge < -0.3 is 0 Å². The van der Waals surface area contributed by atoms with E-state index in [1.807, 2.05) is 30.3 Å². The Morgan fingerprint density at radius 2 is 1.67 bits per heavy atom. The van der Waals surface area contributed by atoms with Gasteiger partial charge in [0.1, 0.15) is 9.84 Å². The van der Waals surface area contributed by atoms with Crippen LogP contribution in [0.5, 0.6) is 0 Å². The van der Waals surface area contributed by atoms with Gasteiger partial charge in [0.15, 0.2) is 0 Å². The van der Waals surface area contributed by atoms with Gasteiger partial charge in [0.05, 0.1) is 5.75 Å². The summed E-state index contributed by atoms with van der Waals surface area (Å²) in [5.41, 5.74) is 0.536. The van der Waals surface area contributed by atoms with Crippen LogP contribution in [0.1, 0.15) is 18.9 Å². The zero-order chi connectivity index (χ0) is 13.6. The Balaban J connectivity index is 2.95. The molecule has 1 rings (SSSR count). The minimum absolute atomic E-state index is 0.123. The van der Waals surface area contributed by atoms with Crippen LogP contribution in [0.3, 0.4) is 0 Å². The van der Waals surface area contributed by atoms with Gasteiger partial charge in [-0.15, -0.1) is 23.2 Å². The van der Waals surface area contributed by atoms with Gasteiger partial charge >= 0.3 is 0 Å². The molecular formula is C13H18Cl2O2S. The Hall–Kier alpha value is -0.250. The minimum atomic E-state index is -3.00. The third kappa shape index (κ3) is 3.87. The molecule has 5 heteroatoms. The first-order chi connectivity index (χ1) is 8.49. The van der Waals surface area contributed by atoms with Crippen LogP contribution in [0.15, 0.2) is 30.3 Å². The first kappa shape index (κ1) is 15.8. The Bertz CT molecular complexity index is 453. The molecule has 1 aromatic rings. The monoisotopic (exact) mass is 308 g/mol. The number of sulfone groups is 1. The Morgan fingerprint density at radius 1 is 1.11 bits per heavy atom. The van der Waals surface area contributed by atoms with E-state index in [0.717, 1.165) is 5.56 Å². The summed E-state index contributed by atoms with van der Waals surface area (Å²) in [5.74, 6) is 0.916. The second kappa shape index (κ2) is 6.78. The van der Waals surface area contributed by atoms with Crippen LogP contribution in [0.2, 0.25) is 0 Å². The molecule has 0 aromatic heterocycles. The molecule has 0 atom stereocenters. The third-order valence-electron chi connectivity index (χ3n) is 3.23. The van der Waals surface area contributed by atoms with Crippen molar-refractivity contribution in [2.24, 2.45) is 0 Å². The first-order valence-electron chi connectivity index (χ1n) is 5.87. The molecule has 1 aromatic carbocycles. The molecule has 0 amide bonds. The standard InChI is InChI=1S/C13H18Cl2O2S/c1-2-18(16,17)9-8-13(10-14,11-15)12-6-4-3-5-7-12/h3-7H,2,8-11H2,1H3. The number of hydrogen-bond acceptors (Lipinski definition) is 2. The summed E-state index contributed by atoms with van der Waals surface area (Å²) >= 11 is 12.1. The Labute approximate surface area is 119 Å². The predicted octanol–water partition coefficient (Wildman–Crippen LogP) is 3.23. The zero-order valence-electron chi connectivity index (χ0n) is 10.4. The molecule has 0 aliphatic carbocycles. The normalized spacial score (nSPS) is 12.6. The second-order valence-corrected chi connectivity index (χ2v) is 7.41. The quantitative estimate of drug-likeness (QED) is 0.725. The van der Waals surface area contributed by atoms with Crippen LogP contribution in [0.4, 0.5) is 0 Å². The van der Waals surface area contributed by atoms with Gasteiger partial charge in [0, 0.05) is 22.9 Å². The van der Waals surface area contributed by atoms with Crippen LogP contribution in [-0.2, 0) is 15.3 Å². The SMILES string of the molecule is CCS(=O)(=O)CCC(CCl)(CCl)c1ccccc1. The predicted molar refractivity (Wildman–Crippen MR) is 78.5 cm³/mol. The van der Waals surface area contributed by atoms with Gasteiger partial charge in [0.2, 0.25) is 0 Å². The van der Waals surface area contributed by atoms with Crippen LogP contribution < -0.4 is 0 Å². The lowest BCUT2D eigenvalue weighted by atomic mass is 9.82. The molecule has 0 heterocycles. The maximum atomic E-state index is 11.6. The summed E-state index contributed by atoms with van der Waals surface area (Å²) in [7, 11) is -3.00. The van der Waals surface area contributed by atoms with Crippen molar-refractivity contribution in [1.29, 1.82) is 0 Å². The lowest BCUT2D eigenvalue weighted by molar-refractivity contribution is 0.511. The highest BCUT2D eigenvalue weighted by atomic mass is 35.5. The van der Waals surface area contributed by atoms with E-state index in [0.29, 0.717) is 18.2 Å². The topological polar surface area (TPSA) is 34.1 Å². The molecule has 0 fully saturated rings. The van der Waals surface area contributed by atoms with Crippen molar-refractivity contribution >= 4 is 33.0 Å². The number of benzene rings is 1. The van der Waals surface area contributed by atoms with E-state index in [9.17, 15) is 8.42 Å². The van der Waals surface area contributed by atoms with Crippen molar-refractivity contribution in [1.82, 2.24) is 0 Å². The van der Waals surface area contributed by atoms with E-state index < -0.39 is 15.3 Å². The van der Waals surface area contributed by atoms with Gasteiger partial charge in [-0.25, -0.2) is 8.42 Å². The number of rotatable bonds is 7. The summed E-state index contributed by atoms with van der Waals surface area (Å²) in [6.07, 6.45) is 0.459. The molecule has 18 heavy (non-hydrogen) atoms. The number of hydrogen-bond donors (Lipinski definition) is 0. The molecule has 0 unspecified atom stereocenters. The van der Waals surface area contributed by atoms with Crippen LogP contribution >= 0.6 is 23.2 Å². The molecule has 0 aliphatic heterocycles. The van der Waals surface area contributed by atoms with E-state index in [2.05, 4.69) is 0 Å². The summed E-state index contributed by atoms with van der Waals surface area (Å²) < 4.78 is 23.2. The summed E-state index contributed by atoms with van der Waals surface area (Å²) in [4.78, 5) is 0. The maximum absolute atomic E-state index is 11.6. The van der Waals surface area contributed by atoms with Gasteiger partial charge in [-0.1, -0.05) is 37.3 Å². The lowest BCUT2D eigenvalue weighted by Gasteiger charge is -2.30. The smallest absolute Gasteiger partial charge is 0.150 e. The summed E-state index contributed by atoms with van der Waals surface area (Å²) in [6.45, 7) is 1.65. The Morgan fingerprint density at radius 3 is 2.11 bits per heavy atom. The van der Waals surface area contributed by atoms with Crippen molar-refractivity contribution in [2.75, 3.05) is 23.3 Å². The highest BCUT2D eigenvalue weighted by molar-refractivity contribution is 7.91. The molecular weight excluding hydrogens is 291 g/mol. The van der Waals surface area contributed by atoms with Gasteiger partial charge in [-0.2, -0.15) is 0 Å². The third-order valence-corrected chi connectivity index (χ3v) is 5.96. The van der Waals surface area contributed by atoms with Crippen LogP contribution in [0, 0.1) is 0 Å². The molecule has 0 radical (unpaired) electrons. The van der Waals surface area contributed by atoms with E-state index in [-0.39, 0.29) is 11.5 Å². The van der Waals surface area contributed by atoms with Crippen molar-refractivity contribution in [3.05, 3.63) is 35.9 Å². The fourth-order valence-corrected chi connectivity index (χ4v) is 3.61. The van der Waals surface area contributed by atoms with Crippen molar-refractivity contribution in [3.8, 4) is 0 Å². The number of alkyl halides is 2. The Kier molecular flexibility index (Phi) is 5.96. The maximum Gasteiger partial charge on any atom is 0.150 e. The van der Waals surface area contributed by atoms with E-state index in [1.54, 1.807) is 6.92 Å². The largest absolute Gasteiger partial charge is 0.229 e. The number of halogens is 2. The highest BCUT2D eigenvalue weighted by Gasteiger charge is 2.31. The average Bonchev–Trinajstić information content (AvgIpc) is 2.42. The first-order valence-corrected chi connectivity index (χ1v) is 8.76. The molecule has 0 N–H and O–H groups in total. The van der Waals surface area contributed by atoms with Crippen LogP contribution in [0.25, 0.3) is 0 Å². The van der Waals surface area contributed by atoms with Crippen molar-refractivity contribution < 1.29 is 8.42 Å². The van der Waals surface area contributed by atoms with E-state index >= 15 is 0 Å². The van der Waals surface area contributed by atoms with Gasteiger partial charge in [-0.05, 0) is 12.0 Å². The average molecular weight is 309 g/mol. The molecule has 0 saturated heterocycles. The van der Waals surface area contributed by atoms with E-state index in [1.165, 1.54) is 0 Å². The summed E-state index contributed by atoms with van der Waals surface area (Å²) in [6, 6.07) is 9.64. The highest BCUT2D eigenvalue weighted by Crippen LogP contribution is 2.31. The molecule has 102 valence electrons. The summed E-state index contributed by atoms with van der Waals surface area (Å²) in [5, 5.41) is 0. The molecule has 0 bridgehead atoms. The molecule has 0 spiro atoms. The zero-order valence-corrected chi connectivity index (χ0v) is 12.7. The van der Waals surface area contributed by atoms with Gasteiger partial charge in [-0.3, -0.25) is 0 Å². The van der Waals surface area contributed by atoms with Crippen molar-refractivity contribution in [2.45, 2.75) is 18.8 Å². The fourth-order valence-electron chi connectivity index (χ4n) is 1.75. The lowest BCUT2D eigenvalue weighted by Crippen LogP contribution is -2.33. The van der Waals surface area contributed by atoms with E-state index in [4.69, 9.17) is 23.2 Å². The molecule has 2 nitrogen and oxygen atoms in total. The molecule has 0 saturated carbocycles.